The Labute approximate surface area is 120 Å². The van der Waals surface area contributed by atoms with Crippen molar-refractivity contribution in [3.8, 4) is 0 Å². The smallest absolute Gasteiger partial charge is 0 e. The first-order valence-electron chi connectivity index (χ1n) is 3.67. The fraction of sp³-hybridized carbons (Fsp3) is 0.267. The number of hydrogen-bond donors (Lipinski definition) is 0. The fourth-order valence-electron chi connectivity index (χ4n) is 0.507. The fourth-order valence-corrected chi connectivity index (χ4v) is 0.507. The molecule has 0 nitrogen and oxygen atoms in total. The Hall–Kier alpha value is -0.131. The van der Waals surface area contributed by atoms with Crippen molar-refractivity contribution in [3.05, 3.63) is 74.1 Å². The third-order valence-corrected chi connectivity index (χ3v) is 1.04. The van der Waals surface area contributed by atoms with E-state index in [1.165, 1.54) is 0 Å². The predicted molar refractivity (Wildman–Crippen MR) is 77.4 cm³/mol. The van der Waals surface area contributed by atoms with Gasteiger partial charge in [-0.25, -0.2) is 12.2 Å². The van der Waals surface area contributed by atoms with Gasteiger partial charge in [0.05, 0.1) is 0 Å². The zero-order valence-corrected chi connectivity index (χ0v) is 14.2. The molecular weight excluding hydrogens is 372 g/mol. The summed E-state index contributed by atoms with van der Waals surface area (Å²) in [5.74, 6) is 0. The molecule has 0 aliphatic heterocycles. The van der Waals surface area contributed by atoms with Crippen molar-refractivity contribution in [2.45, 2.75) is 26.2 Å². The van der Waals surface area contributed by atoms with Crippen molar-refractivity contribution in [3.63, 3.8) is 0 Å². The molecule has 0 atom stereocenters. The van der Waals surface area contributed by atoms with Gasteiger partial charge in [-0.1, -0.05) is 19.8 Å². The number of unbranched alkanes of at least 4 members (excludes halogenated alkanes) is 1. The molecule has 1 heteroatoms. The SMILES string of the molecule is [C-]1=CC=CC1.[CH-]=CCCC.[CH3-].[CH3-].[CH3-].[CH3-].[CH3-].[Ir]. The van der Waals surface area contributed by atoms with Crippen LogP contribution in [0.3, 0.4) is 0 Å². The molecule has 1 radical (unpaired) electrons. The second-order valence-electron chi connectivity index (χ2n) is 2.03. The van der Waals surface area contributed by atoms with Crippen molar-refractivity contribution in [2.75, 3.05) is 0 Å². The Morgan fingerprint density at radius 3 is 1.75 bits per heavy atom. The average Bonchev–Trinajstić information content (AvgIpc) is 2.44. The van der Waals surface area contributed by atoms with Gasteiger partial charge in [0, 0.05) is 20.1 Å². The van der Waals surface area contributed by atoms with Gasteiger partial charge in [-0.05, 0) is 0 Å². The van der Waals surface area contributed by atoms with Crippen molar-refractivity contribution >= 4 is 0 Å². The summed E-state index contributed by atoms with van der Waals surface area (Å²) in [7, 11) is 0. The molecule has 0 heterocycles. The summed E-state index contributed by atoms with van der Waals surface area (Å²) < 4.78 is 0. The molecule has 0 aromatic carbocycles. The van der Waals surface area contributed by atoms with E-state index in [4.69, 9.17) is 6.58 Å². The van der Waals surface area contributed by atoms with E-state index in [1.807, 2.05) is 12.2 Å². The van der Waals surface area contributed by atoms with Crippen molar-refractivity contribution in [2.24, 2.45) is 0 Å². The molecule has 1 rings (SSSR count). The molecule has 0 fully saturated rings. The maximum Gasteiger partial charge on any atom is 0 e. The van der Waals surface area contributed by atoms with E-state index < -0.39 is 0 Å². The van der Waals surface area contributed by atoms with Gasteiger partial charge in [-0.3, -0.25) is 12.2 Å². The summed E-state index contributed by atoms with van der Waals surface area (Å²) in [6.07, 6.45) is 13.9. The molecule has 0 saturated carbocycles. The van der Waals surface area contributed by atoms with Crippen LogP contribution in [0.5, 0.6) is 0 Å². The Balaban J connectivity index is -0.0000000147. The van der Waals surface area contributed by atoms with E-state index in [0.29, 0.717) is 0 Å². The first kappa shape index (κ1) is 44.6. The first-order valence-corrected chi connectivity index (χ1v) is 3.67. The molecule has 0 saturated heterocycles. The Kier molecular flexibility index (Phi) is 129. The first-order chi connectivity index (χ1) is 4.91. The van der Waals surface area contributed by atoms with Crippen LogP contribution in [0.4, 0.5) is 0 Å². The van der Waals surface area contributed by atoms with Crippen LogP contribution in [0.2, 0.25) is 0 Å². The van der Waals surface area contributed by atoms with Gasteiger partial charge in [0.1, 0.15) is 0 Å². The van der Waals surface area contributed by atoms with Crippen molar-refractivity contribution in [1.29, 1.82) is 0 Å². The van der Waals surface area contributed by atoms with E-state index in [-0.39, 0.29) is 57.2 Å². The van der Waals surface area contributed by atoms with Gasteiger partial charge in [-0.2, -0.15) is 6.08 Å². The van der Waals surface area contributed by atoms with Gasteiger partial charge < -0.3 is 43.7 Å². The molecule has 0 aromatic rings. The summed E-state index contributed by atoms with van der Waals surface area (Å²) in [6, 6.07) is 0. The van der Waals surface area contributed by atoms with Crippen LogP contribution in [0, 0.1) is 49.8 Å². The van der Waals surface area contributed by atoms with E-state index in [2.05, 4.69) is 19.1 Å². The van der Waals surface area contributed by atoms with E-state index >= 15 is 0 Å². The molecular formula is C15H29Ir-7. The van der Waals surface area contributed by atoms with Gasteiger partial charge in [-0.15, -0.1) is 6.42 Å². The average molecular weight is 402 g/mol. The summed E-state index contributed by atoms with van der Waals surface area (Å²) in [5, 5.41) is 0. The summed E-state index contributed by atoms with van der Waals surface area (Å²) >= 11 is 0. The van der Waals surface area contributed by atoms with Gasteiger partial charge in [0.2, 0.25) is 0 Å². The van der Waals surface area contributed by atoms with Crippen LogP contribution in [0.1, 0.15) is 26.2 Å². The molecule has 1 aliphatic rings. The normalized spacial score (nSPS) is 7.81. The summed E-state index contributed by atoms with van der Waals surface area (Å²) in [6.45, 7) is 7.11. The zero-order chi connectivity index (χ0) is 7.66. The molecule has 0 aromatic heterocycles. The largest absolute Gasteiger partial charge is 0.518 e. The molecule has 105 valence electrons. The molecule has 0 spiro atoms. The molecule has 1 aliphatic carbocycles. The minimum absolute atomic E-state index is 0. The number of hydrogen-bond acceptors (Lipinski definition) is 0. The van der Waals surface area contributed by atoms with Crippen LogP contribution in [-0.4, -0.2) is 0 Å². The monoisotopic (exact) mass is 402 g/mol. The molecule has 0 N–H and O–H groups in total. The third-order valence-electron chi connectivity index (χ3n) is 1.04. The summed E-state index contributed by atoms with van der Waals surface area (Å²) in [5.41, 5.74) is 0. The summed E-state index contributed by atoms with van der Waals surface area (Å²) in [4.78, 5) is 0. The van der Waals surface area contributed by atoms with E-state index in [0.717, 1.165) is 19.3 Å². The van der Waals surface area contributed by atoms with Crippen LogP contribution in [0.25, 0.3) is 0 Å². The Morgan fingerprint density at radius 1 is 1.19 bits per heavy atom. The maximum atomic E-state index is 5.01. The molecule has 0 bridgehead atoms. The van der Waals surface area contributed by atoms with Gasteiger partial charge >= 0.3 is 0 Å². The van der Waals surface area contributed by atoms with Crippen LogP contribution in [-0.2, 0) is 20.1 Å². The van der Waals surface area contributed by atoms with Crippen molar-refractivity contribution in [1.82, 2.24) is 0 Å². The minimum atomic E-state index is 0. The van der Waals surface area contributed by atoms with Gasteiger partial charge in [0.25, 0.3) is 0 Å². The van der Waals surface area contributed by atoms with Crippen molar-refractivity contribution < 1.29 is 20.1 Å². The second kappa shape index (κ2) is 46.2. The topological polar surface area (TPSA) is 0 Å². The molecule has 0 unspecified atom stereocenters. The number of rotatable bonds is 2. The Morgan fingerprint density at radius 2 is 1.69 bits per heavy atom. The van der Waals surface area contributed by atoms with Crippen LogP contribution in [0.15, 0.2) is 24.3 Å². The minimum Gasteiger partial charge on any atom is -0.518 e. The van der Waals surface area contributed by atoms with E-state index in [1.54, 1.807) is 6.08 Å². The third kappa shape index (κ3) is 48.7. The second-order valence-corrected chi connectivity index (χ2v) is 2.03. The van der Waals surface area contributed by atoms with Crippen LogP contribution >= 0.6 is 0 Å². The van der Waals surface area contributed by atoms with Gasteiger partial charge in [0.15, 0.2) is 0 Å². The quantitative estimate of drug-likeness (QED) is 0.549. The Bertz CT molecular complexity index is 113. The van der Waals surface area contributed by atoms with E-state index in [9.17, 15) is 0 Å². The predicted octanol–water partition coefficient (Wildman–Crippen LogP) is 5.33. The molecule has 16 heavy (non-hydrogen) atoms. The zero-order valence-electron chi connectivity index (χ0n) is 11.8. The van der Waals surface area contributed by atoms with Crippen LogP contribution < -0.4 is 0 Å². The maximum absolute atomic E-state index is 5.01. The molecule has 0 amide bonds. The number of allylic oxidation sites excluding steroid dienone is 5. The standard InChI is InChI=1S/C5H5.C5H9.5CH3.Ir/c1-2-4-5-3-1;1-3-5-4-2;;;;;;/h1-3H,4H2;1,3H,4-5H2,2H3;5*1H3;/q7*-1;.